The molecule has 0 aliphatic heterocycles. The number of aliphatic hydroxyl groups excluding tert-OH is 2. The third kappa shape index (κ3) is 79.6. The van der Waals surface area contributed by atoms with Crippen LogP contribution in [0.2, 0.25) is 0 Å². The fourth-order valence-electron chi connectivity index (χ4n) is 14.4. The Morgan fingerprint density at radius 3 is 0.755 bits per heavy atom. The maximum Gasteiger partial charge on any atom is 0.305 e. The van der Waals surface area contributed by atoms with Gasteiger partial charge in [-0.25, -0.2) is 0 Å². The van der Waals surface area contributed by atoms with E-state index in [2.05, 4.69) is 31.3 Å². The lowest BCUT2D eigenvalue weighted by atomic mass is 10.0. The second-order valence-corrected chi connectivity index (χ2v) is 30.6. The number of rotatable bonds is 84. The van der Waals surface area contributed by atoms with Crippen LogP contribution in [0.3, 0.4) is 0 Å². The Labute approximate surface area is 590 Å². The number of ether oxygens (including phenoxy) is 1. The smallest absolute Gasteiger partial charge is 0.305 e. The molecule has 6 nitrogen and oxygen atoms in total. The maximum atomic E-state index is 12.6. The number of amides is 1. The van der Waals surface area contributed by atoms with Gasteiger partial charge in [-0.2, -0.15) is 0 Å². The van der Waals surface area contributed by atoms with Crippen molar-refractivity contribution in [3.8, 4) is 0 Å². The van der Waals surface area contributed by atoms with Crippen molar-refractivity contribution in [2.24, 2.45) is 0 Å². The lowest BCUT2D eigenvalue weighted by Crippen LogP contribution is -2.45. The van der Waals surface area contributed by atoms with Crippen LogP contribution in [0.4, 0.5) is 0 Å². The van der Waals surface area contributed by atoms with E-state index < -0.39 is 12.1 Å². The highest BCUT2D eigenvalue weighted by Gasteiger charge is 2.20. The highest BCUT2D eigenvalue weighted by Crippen LogP contribution is 2.21. The molecule has 0 fully saturated rings. The van der Waals surface area contributed by atoms with Gasteiger partial charge >= 0.3 is 5.97 Å². The van der Waals surface area contributed by atoms with E-state index in [1.54, 1.807) is 0 Å². The van der Waals surface area contributed by atoms with E-state index in [0.29, 0.717) is 25.9 Å². The number of hydrogen-bond acceptors (Lipinski definition) is 5. The molecule has 0 bridgehead atoms. The van der Waals surface area contributed by atoms with Crippen molar-refractivity contribution < 1.29 is 24.5 Å². The minimum Gasteiger partial charge on any atom is -0.466 e. The van der Waals surface area contributed by atoms with Gasteiger partial charge in [-0.3, -0.25) is 9.59 Å². The van der Waals surface area contributed by atoms with Gasteiger partial charge in [0.15, 0.2) is 0 Å². The lowest BCUT2D eigenvalue weighted by molar-refractivity contribution is -0.143. The Hall–Kier alpha value is -1.40. The molecule has 2 atom stereocenters. The second-order valence-electron chi connectivity index (χ2n) is 30.6. The van der Waals surface area contributed by atoms with Crippen molar-refractivity contribution in [2.45, 2.75) is 527 Å². The molecule has 2 unspecified atom stereocenters. The van der Waals surface area contributed by atoms with Gasteiger partial charge in [0, 0.05) is 12.8 Å². The minimum absolute atomic E-state index is 0.0250. The standard InChI is InChI=1S/C88H173NO5/c1-3-5-7-9-11-13-15-17-19-21-23-24-25-35-38-41-45-48-52-56-60-64-68-72-76-80-86(91)85(84-90)89-87(92)81-77-73-69-65-61-57-53-49-46-42-39-36-33-31-29-27-26-28-30-32-34-37-40-43-47-51-55-59-63-67-71-75-79-83-94-88(93)82-78-74-70-66-62-58-54-50-44-22-20-18-16-14-12-10-8-6-4-2/h30,32,85-86,90-91H,3-29,31,33-84H2,1-2H3,(H,89,92)/b32-30-. The second kappa shape index (κ2) is 84.0. The largest absolute Gasteiger partial charge is 0.466 e. The Kier molecular flexibility index (Phi) is 82.8. The van der Waals surface area contributed by atoms with Crippen LogP contribution in [0.5, 0.6) is 0 Å². The number of aliphatic hydroxyl groups is 2. The van der Waals surface area contributed by atoms with Gasteiger partial charge in [0.1, 0.15) is 0 Å². The Morgan fingerprint density at radius 1 is 0.287 bits per heavy atom. The number of allylic oxidation sites excluding steroid dienone is 2. The van der Waals surface area contributed by atoms with Gasteiger partial charge in [-0.05, 0) is 51.4 Å². The first-order valence-electron chi connectivity index (χ1n) is 43.9. The molecular formula is C88H173NO5. The zero-order chi connectivity index (χ0) is 67.7. The van der Waals surface area contributed by atoms with Gasteiger partial charge < -0.3 is 20.3 Å². The van der Waals surface area contributed by atoms with Crippen molar-refractivity contribution in [3.63, 3.8) is 0 Å². The number of carbonyl (C=O) groups is 2. The number of carbonyl (C=O) groups excluding carboxylic acids is 2. The summed E-state index contributed by atoms with van der Waals surface area (Å²) in [7, 11) is 0. The fourth-order valence-corrected chi connectivity index (χ4v) is 14.4. The maximum absolute atomic E-state index is 12.6. The first-order chi connectivity index (χ1) is 46.5. The van der Waals surface area contributed by atoms with Crippen molar-refractivity contribution in [1.29, 1.82) is 0 Å². The molecular weight excluding hydrogens is 1150 g/mol. The number of nitrogens with one attached hydrogen (secondary N) is 1. The molecule has 0 aromatic carbocycles. The van der Waals surface area contributed by atoms with Crippen LogP contribution in [0.15, 0.2) is 12.2 Å². The zero-order valence-corrected chi connectivity index (χ0v) is 64.5. The highest BCUT2D eigenvalue weighted by molar-refractivity contribution is 5.76. The number of unbranched alkanes of at least 4 members (excludes halogenated alkanes) is 71. The third-order valence-electron chi connectivity index (χ3n) is 21.1. The SMILES string of the molecule is CCCCCCCCCCCCCCCCCCCCCCCCCCCC(O)C(CO)NC(=O)CCCCCCCCCCCCCCCCCCC/C=C\CCCCCCCCCCCCCCOC(=O)CCCCCCCCCCCCCCCCCCCCC. The van der Waals surface area contributed by atoms with Gasteiger partial charge in [0.25, 0.3) is 0 Å². The molecule has 1 amide bonds. The van der Waals surface area contributed by atoms with Crippen molar-refractivity contribution in [2.75, 3.05) is 13.2 Å². The lowest BCUT2D eigenvalue weighted by Gasteiger charge is -2.22. The summed E-state index contributed by atoms with van der Waals surface area (Å²) >= 11 is 0. The Bertz CT molecular complexity index is 1430. The number of hydrogen-bond donors (Lipinski definition) is 3. The molecule has 0 aliphatic carbocycles. The summed E-state index contributed by atoms with van der Waals surface area (Å²) in [5.41, 5.74) is 0. The van der Waals surface area contributed by atoms with E-state index >= 15 is 0 Å². The van der Waals surface area contributed by atoms with Gasteiger partial charge in [-0.15, -0.1) is 0 Å². The Morgan fingerprint density at radius 2 is 0.500 bits per heavy atom. The van der Waals surface area contributed by atoms with Crippen LogP contribution >= 0.6 is 0 Å². The fraction of sp³-hybridized carbons (Fsp3) is 0.955. The molecule has 0 radical (unpaired) electrons. The molecule has 560 valence electrons. The zero-order valence-electron chi connectivity index (χ0n) is 64.5. The summed E-state index contributed by atoms with van der Waals surface area (Å²) in [4.78, 5) is 24.7. The molecule has 0 rings (SSSR count). The van der Waals surface area contributed by atoms with E-state index in [1.807, 2.05) is 0 Å². The summed E-state index contributed by atoms with van der Waals surface area (Å²) in [6, 6.07) is -0.540. The molecule has 0 heterocycles. The number of esters is 1. The van der Waals surface area contributed by atoms with Crippen LogP contribution < -0.4 is 5.32 Å². The molecule has 94 heavy (non-hydrogen) atoms. The van der Waals surface area contributed by atoms with Gasteiger partial charge in [0.2, 0.25) is 5.91 Å². The topological polar surface area (TPSA) is 95.9 Å². The average molecular weight is 1330 g/mol. The summed E-state index contributed by atoms with van der Waals surface area (Å²) in [6.07, 6.45) is 108. The van der Waals surface area contributed by atoms with Gasteiger partial charge in [0.05, 0.1) is 25.4 Å². The van der Waals surface area contributed by atoms with Crippen molar-refractivity contribution >= 4 is 11.9 Å². The van der Waals surface area contributed by atoms with Crippen LogP contribution in [0.25, 0.3) is 0 Å². The Balaban J connectivity index is 3.33. The van der Waals surface area contributed by atoms with E-state index in [9.17, 15) is 19.8 Å². The molecule has 6 heteroatoms. The molecule has 0 spiro atoms. The predicted octanol–water partition coefficient (Wildman–Crippen LogP) is 29.4. The molecule has 0 aromatic rings. The molecule has 0 aromatic heterocycles. The van der Waals surface area contributed by atoms with Crippen LogP contribution in [0, 0.1) is 0 Å². The average Bonchev–Trinajstić information content (AvgIpc) is 3.66. The minimum atomic E-state index is -0.664. The van der Waals surface area contributed by atoms with E-state index in [1.165, 1.54) is 443 Å². The summed E-state index contributed by atoms with van der Waals surface area (Å²) in [5.74, 6) is 0.000159. The van der Waals surface area contributed by atoms with Gasteiger partial charge in [-0.1, -0.05) is 463 Å². The summed E-state index contributed by atoms with van der Waals surface area (Å²) in [5, 5.41) is 23.5. The molecule has 3 N–H and O–H groups in total. The monoisotopic (exact) mass is 1320 g/mol. The first kappa shape index (κ1) is 92.6. The van der Waals surface area contributed by atoms with Crippen molar-refractivity contribution in [3.05, 3.63) is 12.2 Å². The van der Waals surface area contributed by atoms with E-state index in [4.69, 9.17) is 4.74 Å². The molecule has 0 aliphatic rings. The quantitative estimate of drug-likeness (QED) is 0.0320. The van der Waals surface area contributed by atoms with Crippen LogP contribution in [-0.4, -0.2) is 47.4 Å². The summed E-state index contributed by atoms with van der Waals surface area (Å²) in [6.45, 7) is 5.03. The normalized spacial score (nSPS) is 12.4. The van der Waals surface area contributed by atoms with E-state index in [0.717, 1.165) is 38.5 Å². The molecule has 0 saturated carbocycles. The predicted molar refractivity (Wildman–Crippen MR) is 417 cm³/mol. The highest BCUT2D eigenvalue weighted by atomic mass is 16.5. The molecule has 0 saturated heterocycles. The van der Waals surface area contributed by atoms with Crippen LogP contribution in [-0.2, 0) is 14.3 Å². The first-order valence-corrected chi connectivity index (χ1v) is 43.9. The van der Waals surface area contributed by atoms with Crippen molar-refractivity contribution in [1.82, 2.24) is 5.32 Å². The summed E-state index contributed by atoms with van der Waals surface area (Å²) < 4.78 is 5.52. The third-order valence-corrected chi connectivity index (χ3v) is 21.1. The van der Waals surface area contributed by atoms with E-state index in [-0.39, 0.29) is 18.5 Å². The van der Waals surface area contributed by atoms with Crippen LogP contribution in [0.1, 0.15) is 515 Å².